The molecule has 1 aromatic carbocycles. The molecular formula is C16H19F3N2S. The maximum atomic E-state index is 12.5. The largest absolute Gasteiger partial charge is 0.416 e. The van der Waals surface area contributed by atoms with Crippen molar-refractivity contribution < 1.29 is 13.2 Å². The number of thiocarbonyl (C=S) groups is 1. The zero-order valence-electron chi connectivity index (χ0n) is 12.2. The third kappa shape index (κ3) is 5.33. The number of nitrogens with one attached hydrogen (secondary N) is 2. The highest BCUT2D eigenvalue weighted by Gasteiger charge is 2.29. The Bertz CT molecular complexity index is 535. The lowest BCUT2D eigenvalue weighted by Crippen LogP contribution is -2.29. The predicted octanol–water partition coefficient (Wildman–Crippen LogP) is 4.88. The van der Waals surface area contributed by atoms with Crippen LogP contribution in [-0.4, -0.2) is 11.7 Å². The van der Waals surface area contributed by atoms with Gasteiger partial charge in [0.25, 0.3) is 0 Å². The molecule has 0 saturated carbocycles. The van der Waals surface area contributed by atoms with Gasteiger partial charge in [0.05, 0.1) is 5.56 Å². The van der Waals surface area contributed by atoms with Gasteiger partial charge in [-0.05, 0) is 68.6 Å². The molecule has 22 heavy (non-hydrogen) atoms. The quantitative estimate of drug-likeness (QED) is 0.608. The summed E-state index contributed by atoms with van der Waals surface area (Å²) < 4.78 is 37.4. The van der Waals surface area contributed by atoms with E-state index < -0.39 is 11.7 Å². The maximum Gasteiger partial charge on any atom is 0.416 e. The van der Waals surface area contributed by atoms with E-state index in [0.29, 0.717) is 10.8 Å². The molecule has 0 saturated heterocycles. The van der Waals surface area contributed by atoms with Crippen LogP contribution >= 0.6 is 12.2 Å². The lowest BCUT2D eigenvalue weighted by atomic mass is 9.97. The second-order valence-electron chi connectivity index (χ2n) is 5.31. The summed E-state index contributed by atoms with van der Waals surface area (Å²) >= 11 is 5.15. The second-order valence-corrected chi connectivity index (χ2v) is 5.72. The Kier molecular flexibility index (Phi) is 5.83. The molecule has 0 radical (unpaired) electrons. The van der Waals surface area contributed by atoms with Gasteiger partial charge in [-0.2, -0.15) is 13.2 Å². The average molecular weight is 328 g/mol. The van der Waals surface area contributed by atoms with Gasteiger partial charge in [0, 0.05) is 12.2 Å². The first-order valence-corrected chi connectivity index (χ1v) is 7.76. The standard InChI is InChI=1S/C16H19F3N2S/c17-16(18,19)13-6-8-14(9-7-13)21-15(22)20-11-10-12-4-2-1-3-5-12/h4,6-9H,1-3,5,10-11H2,(H2,20,21,22). The summed E-state index contributed by atoms with van der Waals surface area (Å²) in [6.45, 7) is 0.734. The molecule has 2 N–H and O–H groups in total. The molecule has 1 aliphatic rings. The number of halogens is 3. The van der Waals surface area contributed by atoms with Gasteiger partial charge in [-0.1, -0.05) is 11.6 Å². The van der Waals surface area contributed by atoms with Crippen molar-refractivity contribution in [3.8, 4) is 0 Å². The van der Waals surface area contributed by atoms with Crippen molar-refractivity contribution in [1.82, 2.24) is 5.32 Å². The molecule has 0 heterocycles. The van der Waals surface area contributed by atoms with Gasteiger partial charge in [0.1, 0.15) is 0 Å². The summed E-state index contributed by atoms with van der Waals surface area (Å²) in [7, 11) is 0. The minimum atomic E-state index is -4.31. The third-order valence-corrected chi connectivity index (χ3v) is 3.83. The molecule has 0 bridgehead atoms. The van der Waals surface area contributed by atoms with E-state index in [2.05, 4.69) is 16.7 Å². The van der Waals surface area contributed by atoms with E-state index in [4.69, 9.17) is 12.2 Å². The highest BCUT2D eigenvalue weighted by Crippen LogP contribution is 2.29. The molecule has 2 rings (SSSR count). The lowest BCUT2D eigenvalue weighted by molar-refractivity contribution is -0.137. The van der Waals surface area contributed by atoms with E-state index in [-0.39, 0.29) is 0 Å². The third-order valence-electron chi connectivity index (χ3n) is 3.59. The monoisotopic (exact) mass is 328 g/mol. The van der Waals surface area contributed by atoms with Crippen LogP contribution < -0.4 is 10.6 Å². The summed E-state index contributed by atoms with van der Waals surface area (Å²) in [5.41, 5.74) is 1.33. The molecule has 0 aliphatic heterocycles. The van der Waals surface area contributed by atoms with Crippen molar-refractivity contribution in [2.24, 2.45) is 0 Å². The number of hydrogen-bond donors (Lipinski definition) is 2. The van der Waals surface area contributed by atoms with Crippen molar-refractivity contribution in [3.63, 3.8) is 0 Å². The van der Waals surface area contributed by atoms with Gasteiger partial charge >= 0.3 is 6.18 Å². The molecule has 0 unspecified atom stereocenters. The fourth-order valence-electron chi connectivity index (χ4n) is 2.39. The van der Waals surface area contributed by atoms with Crippen molar-refractivity contribution in [2.75, 3.05) is 11.9 Å². The minimum absolute atomic E-state index is 0.427. The predicted molar refractivity (Wildman–Crippen MR) is 86.8 cm³/mol. The normalized spacial score (nSPS) is 15.1. The van der Waals surface area contributed by atoms with E-state index in [9.17, 15) is 13.2 Å². The second kappa shape index (κ2) is 7.63. The van der Waals surface area contributed by atoms with Crippen LogP contribution in [-0.2, 0) is 6.18 Å². The average Bonchev–Trinajstić information content (AvgIpc) is 2.48. The Labute approximate surface area is 133 Å². The minimum Gasteiger partial charge on any atom is -0.362 e. The molecule has 1 aliphatic carbocycles. The Balaban J connectivity index is 1.76. The van der Waals surface area contributed by atoms with Crippen molar-refractivity contribution in [3.05, 3.63) is 41.5 Å². The summed E-state index contributed by atoms with van der Waals surface area (Å²) in [5.74, 6) is 0. The Hall–Kier alpha value is -1.56. The fourth-order valence-corrected chi connectivity index (χ4v) is 2.61. The fraction of sp³-hybridized carbons (Fsp3) is 0.438. The lowest BCUT2D eigenvalue weighted by Gasteiger charge is -2.15. The van der Waals surface area contributed by atoms with Gasteiger partial charge in [-0.25, -0.2) is 0 Å². The van der Waals surface area contributed by atoms with Crippen LogP contribution in [0.5, 0.6) is 0 Å². The Morgan fingerprint density at radius 1 is 1.14 bits per heavy atom. The summed E-state index contributed by atoms with van der Waals surface area (Å²) in [6, 6.07) is 4.83. The topological polar surface area (TPSA) is 24.1 Å². The molecule has 6 heteroatoms. The number of allylic oxidation sites excluding steroid dienone is 1. The van der Waals surface area contributed by atoms with E-state index in [1.54, 1.807) is 0 Å². The van der Waals surface area contributed by atoms with E-state index in [0.717, 1.165) is 37.9 Å². The van der Waals surface area contributed by atoms with Gasteiger partial charge < -0.3 is 10.6 Å². The number of rotatable bonds is 4. The molecule has 0 atom stereocenters. The number of alkyl halides is 3. The summed E-state index contributed by atoms with van der Waals surface area (Å²) in [6.07, 6.45) is 3.76. The van der Waals surface area contributed by atoms with E-state index in [1.165, 1.54) is 30.5 Å². The summed E-state index contributed by atoms with van der Waals surface area (Å²) in [4.78, 5) is 0. The smallest absolute Gasteiger partial charge is 0.362 e. The maximum absolute atomic E-state index is 12.5. The van der Waals surface area contributed by atoms with Crippen LogP contribution in [0.4, 0.5) is 18.9 Å². The summed E-state index contributed by atoms with van der Waals surface area (Å²) in [5, 5.41) is 6.40. The molecule has 2 nitrogen and oxygen atoms in total. The van der Waals surface area contributed by atoms with Crippen LogP contribution in [0.1, 0.15) is 37.7 Å². The van der Waals surface area contributed by atoms with Crippen LogP contribution in [0.2, 0.25) is 0 Å². The first kappa shape index (κ1) is 16.8. The molecule has 1 aromatic rings. The molecule has 120 valence electrons. The van der Waals surface area contributed by atoms with Gasteiger partial charge in [-0.3, -0.25) is 0 Å². The van der Waals surface area contributed by atoms with E-state index >= 15 is 0 Å². The van der Waals surface area contributed by atoms with Crippen LogP contribution in [0, 0.1) is 0 Å². The van der Waals surface area contributed by atoms with Crippen LogP contribution in [0.15, 0.2) is 35.9 Å². The first-order chi connectivity index (χ1) is 10.4. The molecule has 0 aromatic heterocycles. The zero-order chi connectivity index (χ0) is 16.0. The van der Waals surface area contributed by atoms with E-state index in [1.807, 2.05) is 0 Å². The van der Waals surface area contributed by atoms with Crippen LogP contribution in [0.25, 0.3) is 0 Å². The number of anilines is 1. The zero-order valence-corrected chi connectivity index (χ0v) is 13.0. The molecule has 0 fully saturated rings. The highest BCUT2D eigenvalue weighted by molar-refractivity contribution is 7.80. The van der Waals surface area contributed by atoms with Gasteiger partial charge in [0.15, 0.2) is 5.11 Å². The van der Waals surface area contributed by atoms with Gasteiger partial charge in [-0.15, -0.1) is 0 Å². The van der Waals surface area contributed by atoms with Crippen molar-refractivity contribution >= 4 is 23.0 Å². The SMILES string of the molecule is FC(F)(F)c1ccc(NC(=S)NCCC2=CCCCC2)cc1. The van der Waals surface area contributed by atoms with Crippen LogP contribution in [0.3, 0.4) is 0 Å². The van der Waals surface area contributed by atoms with Crippen molar-refractivity contribution in [2.45, 2.75) is 38.3 Å². The molecular weight excluding hydrogens is 309 g/mol. The molecule has 0 amide bonds. The van der Waals surface area contributed by atoms with Crippen molar-refractivity contribution in [1.29, 1.82) is 0 Å². The Morgan fingerprint density at radius 3 is 2.45 bits per heavy atom. The molecule has 0 spiro atoms. The Morgan fingerprint density at radius 2 is 1.86 bits per heavy atom. The first-order valence-electron chi connectivity index (χ1n) is 7.35. The van der Waals surface area contributed by atoms with Gasteiger partial charge in [0.2, 0.25) is 0 Å². The number of hydrogen-bond acceptors (Lipinski definition) is 1. The number of benzene rings is 1. The highest BCUT2D eigenvalue weighted by atomic mass is 32.1.